The Morgan fingerprint density at radius 2 is 1.92 bits per heavy atom. The van der Waals surface area contributed by atoms with Crippen molar-refractivity contribution in [2.75, 3.05) is 28.7 Å². The molecule has 2 aliphatic carbocycles. The molecule has 2 aliphatic rings. The quantitative estimate of drug-likeness (QED) is 0.275. The second-order valence-corrected chi connectivity index (χ2v) is 15.5. The van der Waals surface area contributed by atoms with Crippen molar-refractivity contribution >= 4 is 43.2 Å². The molecule has 0 spiro atoms. The molecule has 2 fully saturated rings. The van der Waals surface area contributed by atoms with E-state index in [9.17, 15) is 18.6 Å². The largest absolute Gasteiger partial charge is 0.388 e. The molecule has 4 N–H and O–H groups in total. The van der Waals surface area contributed by atoms with E-state index in [-0.39, 0.29) is 23.3 Å². The Hall–Kier alpha value is -2.41. The Morgan fingerprint density at radius 1 is 1.18 bits per heavy atom. The molecule has 0 bridgehead atoms. The van der Waals surface area contributed by atoms with Crippen molar-refractivity contribution in [3.63, 3.8) is 0 Å². The van der Waals surface area contributed by atoms with Crippen LogP contribution in [-0.2, 0) is 9.84 Å². The normalized spacial score (nSPS) is 23.9. The van der Waals surface area contributed by atoms with Gasteiger partial charge in [0.05, 0.1) is 27.4 Å². The van der Waals surface area contributed by atoms with E-state index in [1.807, 2.05) is 19.2 Å². The monoisotopic (exact) mass is 574 g/mol. The van der Waals surface area contributed by atoms with Gasteiger partial charge in [0.25, 0.3) is 0 Å². The SMILES string of the molecule is CCS(=O)(=O)CC1CCC(O)(Nc2nc(NCC(C)(C)C)nc(C)c2-c2nc3c(C4CC4)nccc3s2)C1O. The third-order valence-corrected chi connectivity index (χ3v) is 10.3. The molecule has 0 radical (unpaired) electrons. The standard InChI is InChI=1S/C27H38N6O4S2/c1-6-39(36,37)13-17-9-11-27(35,22(17)34)33-23-19(15(2)30-25(32-23)29-14-26(3,4)5)24-31-21-18(38-24)10-12-28-20(21)16-7-8-16/h10,12,16-17,22,34-35H,6-9,11,13-14H2,1-5H3,(H2,29,30,32,33). The van der Waals surface area contributed by atoms with Crippen molar-refractivity contribution in [3.8, 4) is 10.6 Å². The summed E-state index contributed by atoms with van der Waals surface area (Å²) in [6.45, 7) is 10.4. The summed E-state index contributed by atoms with van der Waals surface area (Å²) in [7, 11) is -3.31. The van der Waals surface area contributed by atoms with E-state index in [0.717, 1.165) is 28.8 Å². The topological polar surface area (TPSA) is 150 Å². The zero-order chi connectivity index (χ0) is 28.2. The Kier molecular flexibility index (Phi) is 7.36. The first-order chi connectivity index (χ1) is 18.3. The van der Waals surface area contributed by atoms with Crippen molar-refractivity contribution in [3.05, 3.63) is 23.7 Å². The van der Waals surface area contributed by atoms with Gasteiger partial charge in [-0.3, -0.25) is 4.98 Å². The van der Waals surface area contributed by atoms with Crippen LogP contribution in [0.3, 0.4) is 0 Å². The molecule has 5 rings (SSSR count). The summed E-state index contributed by atoms with van der Waals surface area (Å²) in [6, 6.07) is 1.96. The number of nitrogens with one attached hydrogen (secondary N) is 2. The highest BCUT2D eigenvalue weighted by Gasteiger charge is 2.48. The predicted octanol–water partition coefficient (Wildman–Crippen LogP) is 4.10. The highest BCUT2D eigenvalue weighted by Crippen LogP contribution is 2.45. The number of aryl methyl sites for hydroxylation is 1. The molecule has 3 unspecified atom stereocenters. The van der Waals surface area contributed by atoms with Gasteiger partial charge in [-0.15, -0.1) is 11.3 Å². The summed E-state index contributed by atoms with van der Waals surface area (Å²) in [5.41, 5.74) is 1.44. The zero-order valence-electron chi connectivity index (χ0n) is 23.2. The third-order valence-electron chi connectivity index (χ3n) is 7.45. The van der Waals surface area contributed by atoms with Crippen LogP contribution in [0, 0.1) is 18.3 Å². The molecule has 2 saturated carbocycles. The molecule has 0 amide bonds. The Balaban J connectivity index is 1.54. The predicted molar refractivity (Wildman–Crippen MR) is 155 cm³/mol. The molecule has 0 aromatic carbocycles. The Labute approximate surface area is 233 Å². The molecule has 0 aliphatic heterocycles. The number of sulfone groups is 1. The number of anilines is 2. The van der Waals surface area contributed by atoms with Crippen molar-refractivity contribution in [2.24, 2.45) is 11.3 Å². The van der Waals surface area contributed by atoms with Crippen molar-refractivity contribution in [1.29, 1.82) is 0 Å². The number of nitrogens with zero attached hydrogens (tertiary/aromatic N) is 4. The number of hydrogen-bond donors (Lipinski definition) is 4. The lowest BCUT2D eigenvalue weighted by molar-refractivity contribution is -0.0442. The van der Waals surface area contributed by atoms with E-state index in [4.69, 9.17) is 15.0 Å². The van der Waals surface area contributed by atoms with E-state index in [1.54, 1.807) is 6.92 Å². The maximum atomic E-state index is 12.3. The minimum absolute atomic E-state index is 0.00452. The fourth-order valence-corrected chi connectivity index (χ4v) is 7.35. The molecular weight excluding hydrogens is 536 g/mol. The Bertz CT molecular complexity index is 1480. The summed E-state index contributed by atoms with van der Waals surface area (Å²) in [5.74, 6) is 0.434. The number of fused-ring (bicyclic) bond motifs is 1. The number of thiazole rings is 1. The van der Waals surface area contributed by atoms with Crippen LogP contribution in [0.5, 0.6) is 0 Å². The van der Waals surface area contributed by atoms with Gasteiger partial charge in [0.2, 0.25) is 5.95 Å². The first-order valence-electron chi connectivity index (χ1n) is 13.6. The van der Waals surface area contributed by atoms with Gasteiger partial charge in [-0.05, 0) is 44.1 Å². The summed E-state index contributed by atoms with van der Waals surface area (Å²) in [5, 5.41) is 29.8. The lowest BCUT2D eigenvalue weighted by Crippen LogP contribution is -2.48. The van der Waals surface area contributed by atoms with Crippen LogP contribution >= 0.6 is 11.3 Å². The van der Waals surface area contributed by atoms with Crippen molar-refractivity contribution in [1.82, 2.24) is 19.9 Å². The molecule has 3 aromatic heterocycles. The van der Waals surface area contributed by atoms with E-state index in [2.05, 4.69) is 36.4 Å². The number of aliphatic hydroxyl groups excluding tert-OH is 1. The van der Waals surface area contributed by atoms with Gasteiger partial charge >= 0.3 is 0 Å². The van der Waals surface area contributed by atoms with Gasteiger partial charge in [-0.1, -0.05) is 27.7 Å². The first kappa shape index (κ1) is 28.1. The van der Waals surface area contributed by atoms with Crippen LogP contribution in [0.2, 0.25) is 0 Å². The first-order valence-corrected chi connectivity index (χ1v) is 16.2. The minimum Gasteiger partial charge on any atom is -0.388 e. The summed E-state index contributed by atoms with van der Waals surface area (Å²) in [6.07, 6.45) is 3.32. The van der Waals surface area contributed by atoms with Gasteiger partial charge in [0.15, 0.2) is 5.72 Å². The van der Waals surface area contributed by atoms with E-state index >= 15 is 0 Å². The summed E-state index contributed by atoms with van der Waals surface area (Å²) < 4.78 is 25.5. The minimum atomic E-state index is -3.31. The summed E-state index contributed by atoms with van der Waals surface area (Å²) in [4.78, 5) is 19.0. The fourth-order valence-electron chi connectivity index (χ4n) is 5.04. The number of rotatable bonds is 9. The molecule has 12 heteroatoms. The van der Waals surface area contributed by atoms with Gasteiger partial charge in [-0.25, -0.2) is 18.4 Å². The molecule has 3 heterocycles. The average molecular weight is 575 g/mol. The third kappa shape index (κ3) is 6.03. The molecule has 212 valence electrons. The molecule has 3 aromatic rings. The lowest BCUT2D eigenvalue weighted by Gasteiger charge is -2.31. The molecule has 10 nitrogen and oxygen atoms in total. The van der Waals surface area contributed by atoms with Gasteiger partial charge in [0.1, 0.15) is 32.3 Å². The van der Waals surface area contributed by atoms with Crippen LogP contribution in [0.4, 0.5) is 11.8 Å². The van der Waals surface area contributed by atoms with Crippen molar-refractivity contribution < 1.29 is 18.6 Å². The second-order valence-electron chi connectivity index (χ2n) is 12.1. The van der Waals surface area contributed by atoms with E-state index in [1.165, 1.54) is 11.3 Å². The van der Waals surface area contributed by atoms with Crippen LogP contribution < -0.4 is 10.6 Å². The number of aliphatic hydroxyl groups is 2. The van der Waals surface area contributed by atoms with Crippen LogP contribution in [-0.4, -0.2) is 68.4 Å². The van der Waals surface area contributed by atoms with Crippen molar-refractivity contribution in [2.45, 2.75) is 78.0 Å². The number of hydrogen-bond acceptors (Lipinski definition) is 11. The highest BCUT2D eigenvalue weighted by molar-refractivity contribution is 7.91. The van der Waals surface area contributed by atoms with E-state index in [0.29, 0.717) is 46.9 Å². The van der Waals surface area contributed by atoms with Gasteiger partial charge in [0, 0.05) is 30.3 Å². The van der Waals surface area contributed by atoms with Crippen LogP contribution in [0.1, 0.15) is 70.7 Å². The Morgan fingerprint density at radius 3 is 2.59 bits per heavy atom. The lowest BCUT2D eigenvalue weighted by atomic mass is 9.97. The van der Waals surface area contributed by atoms with E-state index < -0.39 is 27.6 Å². The van der Waals surface area contributed by atoms with Gasteiger partial charge in [-0.2, -0.15) is 4.98 Å². The fraction of sp³-hybridized carbons (Fsp3) is 0.630. The maximum absolute atomic E-state index is 12.3. The molecule has 3 atom stereocenters. The summed E-state index contributed by atoms with van der Waals surface area (Å²) >= 11 is 1.52. The number of aromatic nitrogens is 4. The molecule has 39 heavy (non-hydrogen) atoms. The van der Waals surface area contributed by atoms with Gasteiger partial charge < -0.3 is 20.8 Å². The zero-order valence-corrected chi connectivity index (χ0v) is 24.8. The second kappa shape index (κ2) is 10.2. The molecule has 0 saturated heterocycles. The maximum Gasteiger partial charge on any atom is 0.224 e. The average Bonchev–Trinajstić information content (AvgIpc) is 3.56. The number of pyridine rings is 1. The molecular formula is C27H38N6O4S2. The van der Waals surface area contributed by atoms with Crippen LogP contribution in [0.15, 0.2) is 12.3 Å². The highest BCUT2D eigenvalue weighted by atomic mass is 32.2. The smallest absolute Gasteiger partial charge is 0.224 e. The van der Waals surface area contributed by atoms with Crippen LogP contribution in [0.25, 0.3) is 20.8 Å².